The highest BCUT2D eigenvalue weighted by Crippen LogP contribution is 2.34. The van der Waals surface area contributed by atoms with E-state index in [0.29, 0.717) is 0 Å². The summed E-state index contributed by atoms with van der Waals surface area (Å²) in [5.74, 6) is 0. The van der Waals surface area contributed by atoms with E-state index >= 15 is 0 Å². The Balaban J connectivity index is 1.99. The Hall–Kier alpha value is -0.170. The molecule has 1 N–H and O–H groups in total. The van der Waals surface area contributed by atoms with Crippen LogP contribution in [0.25, 0.3) is 0 Å². The third-order valence-corrected chi connectivity index (χ3v) is 4.45. The number of fused-ring (bicyclic) bond motifs is 2. The second-order valence-corrected chi connectivity index (χ2v) is 6.04. The normalized spacial score (nSPS) is 36.9. The van der Waals surface area contributed by atoms with Gasteiger partial charge in [-0.2, -0.15) is 17.4 Å². The van der Waals surface area contributed by atoms with Crippen LogP contribution >= 0.6 is 0 Å². The first-order valence-electron chi connectivity index (χ1n) is 4.84. The zero-order chi connectivity index (χ0) is 10.3. The zero-order valence-electron chi connectivity index (χ0n) is 8.43. The molecule has 0 aliphatic carbocycles. The van der Waals surface area contributed by atoms with Gasteiger partial charge in [-0.3, -0.25) is 0 Å². The van der Waals surface area contributed by atoms with E-state index in [1.54, 1.807) is 0 Å². The maximum atomic E-state index is 11.5. The lowest BCUT2D eigenvalue weighted by molar-refractivity contribution is 0.0994. The van der Waals surface area contributed by atoms with Gasteiger partial charge >= 0.3 is 0 Å². The van der Waals surface area contributed by atoms with E-state index in [9.17, 15) is 8.42 Å². The fraction of sp³-hybridized carbons (Fsp3) is 1.00. The smallest absolute Gasteiger partial charge is 0.279 e. The molecule has 2 bridgehead atoms. The van der Waals surface area contributed by atoms with Gasteiger partial charge < -0.3 is 4.74 Å². The van der Waals surface area contributed by atoms with Crippen LogP contribution in [0.2, 0.25) is 0 Å². The molecule has 5 nitrogen and oxygen atoms in total. The molecular formula is C8H16N2O3S. The van der Waals surface area contributed by atoms with Crippen LogP contribution in [-0.2, 0) is 14.9 Å². The van der Waals surface area contributed by atoms with Crippen molar-refractivity contribution < 1.29 is 13.2 Å². The van der Waals surface area contributed by atoms with E-state index < -0.39 is 10.2 Å². The summed E-state index contributed by atoms with van der Waals surface area (Å²) in [5.41, 5.74) is 0. The molecule has 0 aromatic heterocycles. The van der Waals surface area contributed by atoms with Crippen molar-refractivity contribution in [3.05, 3.63) is 0 Å². The summed E-state index contributed by atoms with van der Waals surface area (Å²) in [7, 11) is -0.252. The molecule has 0 amide bonds. The number of hydrogen-bond donors (Lipinski definition) is 1. The van der Waals surface area contributed by atoms with Gasteiger partial charge in [0.05, 0.1) is 18.2 Å². The van der Waals surface area contributed by atoms with E-state index in [0.717, 1.165) is 19.3 Å². The van der Waals surface area contributed by atoms with Gasteiger partial charge in [-0.15, -0.1) is 0 Å². The van der Waals surface area contributed by atoms with E-state index in [1.165, 1.54) is 18.4 Å². The van der Waals surface area contributed by atoms with Crippen molar-refractivity contribution in [1.29, 1.82) is 0 Å². The lowest BCUT2D eigenvalue weighted by Gasteiger charge is -2.22. The number of hydrogen-bond acceptors (Lipinski definition) is 3. The van der Waals surface area contributed by atoms with Crippen LogP contribution in [0, 0.1) is 0 Å². The van der Waals surface area contributed by atoms with Gasteiger partial charge in [0.1, 0.15) is 0 Å². The third-order valence-electron chi connectivity index (χ3n) is 2.89. The minimum atomic E-state index is -3.30. The van der Waals surface area contributed by atoms with E-state index in [-0.39, 0.29) is 18.2 Å². The zero-order valence-corrected chi connectivity index (χ0v) is 9.25. The van der Waals surface area contributed by atoms with Gasteiger partial charge in [0.25, 0.3) is 10.2 Å². The summed E-state index contributed by atoms with van der Waals surface area (Å²) in [5, 5.41) is 0. The van der Waals surface area contributed by atoms with Crippen LogP contribution in [0.15, 0.2) is 0 Å². The molecule has 2 saturated heterocycles. The summed E-state index contributed by atoms with van der Waals surface area (Å²) in [6, 6.07) is -0.0267. The number of rotatable bonds is 3. The van der Waals surface area contributed by atoms with Crippen molar-refractivity contribution in [2.24, 2.45) is 0 Å². The average molecular weight is 220 g/mol. The van der Waals surface area contributed by atoms with Crippen molar-refractivity contribution >= 4 is 10.2 Å². The fourth-order valence-corrected chi connectivity index (χ4v) is 2.90. The molecule has 82 valence electrons. The van der Waals surface area contributed by atoms with Gasteiger partial charge in [0.2, 0.25) is 0 Å². The number of ether oxygens (including phenoxy) is 1. The topological polar surface area (TPSA) is 58.6 Å². The van der Waals surface area contributed by atoms with Crippen LogP contribution in [0.3, 0.4) is 0 Å². The number of nitrogens with zero attached hydrogens (tertiary/aromatic N) is 1. The molecule has 2 aliphatic rings. The first kappa shape index (κ1) is 10.4. The molecule has 3 unspecified atom stereocenters. The lowest BCUT2D eigenvalue weighted by atomic mass is 9.96. The quantitative estimate of drug-likeness (QED) is 0.710. The third kappa shape index (κ3) is 1.79. The largest absolute Gasteiger partial charge is 0.373 e. The Morgan fingerprint density at radius 1 is 1.36 bits per heavy atom. The van der Waals surface area contributed by atoms with Gasteiger partial charge in [0.15, 0.2) is 0 Å². The Morgan fingerprint density at radius 2 is 2.07 bits per heavy atom. The standard InChI is InChI=1S/C8H16N2O3S/c1-10(2)14(11,12)9-7-5-6-3-4-8(7)13-6/h6-9H,3-5H2,1-2H3. The van der Waals surface area contributed by atoms with Crippen LogP contribution in [0.5, 0.6) is 0 Å². The molecule has 0 aromatic carbocycles. The average Bonchev–Trinajstić information content (AvgIpc) is 2.63. The van der Waals surface area contributed by atoms with Crippen molar-refractivity contribution in [2.75, 3.05) is 14.1 Å². The summed E-state index contributed by atoms with van der Waals surface area (Å²) in [6.45, 7) is 0. The maximum Gasteiger partial charge on any atom is 0.279 e. The molecule has 6 heteroatoms. The van der Waals surface area contributed by atoms with Crippen molar-refractivity contribution in [3.8, 4) is 0 Å². The monoisotopic (exact) mass is 220 g/mol. The van der Waals surface area contributed by atoms with Gasteiger partial charge in [-0.25, -0.2) is 0 Å². The second-order valence-electron chi connectivity index (χ2n) is 4.12. The Bertz CT molecular complexity index is 315. The molecular weight excluding hydrogens is 204 g/mol. The first-order chi connectivity index (χ1) is 6.49. The molecule has 0 saturated carbocycles. The van der Waals surface area contributed by atoms with Crippen LogP contribution in [0.4, 0.5) is 0 Å². The van der Waals surface area contributed by atoms with E-state index in [1.807, 2.05) is 0 Å². The summed E-state index contributed by atoms with van der Waals surface area (Å²) < 4.78 is 32.5. The molecule has 0 aromatic rings. The van der Waals surface area contributed by atoms with Gasteiger partial charge in [-0.05, 0) is 19.3 Å². The Morgan fingerprint density at radius 3 is 2.50 bits per heavy atom. The predicted octanol–water partition coefficient (Wildman–Crippen LogP) is -0.298. The van der Waals surface area contributed by atoms with Crippen molar-refractivity contribution in [3.63, 3.8) is 0 Å². The summed E-state index contributed by atoms with van der Waals surface area (Å²) >= 11 is 0. The highest BCUT2D eigenvalue weighted by molar-refractivity contribution is 7.87. The molecule has 2 aliphatic heterocycles. The van der Waals surface area contributed by atoms with E-state index in [2.05, 4.69) is 4.72 Å². The molecule has 0 spiro atoms. The highest BCUT2D eigenvalue weighted by Gasteiger charge is 2.42. The van der Waals surface area contributed by atoms with Gasteiger partial charge in [-0.1, -0.05) is 0 Å². The molecule has 2 rings (SSSR count). The van der Waals surface area contributed by atoms with Crippen molar-refractivity contribution in [2.45, 2.75) is 37.5 Å². The molecule has 14 heavy (non-hydrogen) atoms. The summed E-state index contributed by atoms with van der Waals surface area (Å²) in [4.78, 5) is 0. The SMILES string of the molecule is CN(C)S(=O)(=O)NC1CC2CCC1O2. The molecule has 2 fully saturated rings. The summed E-state index contributed by atoms with van der Waals surface area (Å²) in [6.07, 6.45) is 3.23. The lowest BCUT2D eigenvalue weighted by Crippen LogP contribution is -2.46. The Labute approximate surface area is 84.6 Å². The van der Waals surface area contributed by atoms with E-state index in [4.69, 9.17) is 4.74 Å². The van der Waals surface area contributed by atoms with Gasteiger partial charge in [0, 0.05) is 14.1 Å². The highest BCUT2D eigenvalue weighted by atomic mass is 32.2. The van der Waals surface area contributed by atoms with Crippen molar-refractivity contribution in [1.82, 2.24) is 9.03 Å². The van der Waals surface area contributed by atoms with Crippen LogP contribution < -0.4 is 4.72 Å². The van der Waals surface area contributed by atoms with Crippen LogP contribution in [0.1, 0.15) is 19.3 Å². The van der Waals surface area contributed by atoms with Crippen LogP contribution in [-0.4, -0.2) is 45.1 Å². The fourth-order valence-electron chi connectivity index (χ4n) is 2.06. The molecule has 2 heterocycles. The number of nitrogens with one attached hydrogen (secondary N) is 1. The molecule has 0 radical (unpaired) electrons. The second kappa shape index (κ2) is 3.44. The predicted molar refractivity (Wildman–Crippen MR) is 52.0 cm³/mol. The molecule has 3 atom stereocenters. The Kier molecular flexibility index (Phi) is 2.55. The maximum absolute atomic E-state index is 11.5. The minimum Gasteiger partial charge on any atom is -0.373 e. The minimum absolute atomic E-state index is 0.0267. The first-order valence-corrected chi connectivity index (χ1v) is 6.28.